The number of esters is 1. The van der Waals surface area contributed by atoms with Crippen LogP contribution in [0.1, 0.15) is 22.6 Å². The first kappa shape index (κ1) is 22.4. The van der Waals surface area contributed by atoms with Gasteiger partial charge < -0.3 is 19.3 Å². The SMILES string of the molecule is COC(=O)[C@H]1[C@@H](C#N)[C@@]2(O)c3c(OC)cncc3O[C@@]2(c2ccc(Br)cc2)[C@@H]1c1ccccc1. The molecule has 5 atom stereocenters. The lowest BCUT2D eigenvalue weighted by Gasteiger charge is -2.40. The number of pyridine rings is 1. The second-order valence-electron chi connectivity index (χ2n) is 8.37. The van der Waals surface area contributed by atoms with E-state index in [0.29, 0.717) is 16.9 Å². The molecular formula is C26H21BrN2O5. The second kappa shape index (κ2) is 8.12. The molecule has 0 saturated heterocycles. The van der Waals surface area contributed by atoms with E-state index in [2.05, 4.69) is 27.0 Å². The maximum absolute atomic E-state index is 13.2. The van der Waals surface area contributed by atoms with Crippen LogP contribution in [0.15, 0.2) is 71.5 Å². The third-order valence-corrected chi connectivity index (χ3v) is 7.49. The molecule has 172 valence electrons. The van der Waals surface area contributed by atoms with E-state index in [1.807, 2.05) is 54.6 Å². The van der Waals surface area contributed by atoms with E-state index in [1.165, 1.54) is 26.6 Å². The fourth-order valence-electron chi connectivity index (χ4n) is 5.70. The molecule has 1 N–H and O–H groups in total. The number of carbonyl (C=O) groups is 1. The summed E-state index contributed by atoms with van der Waals surface area (Å²) in [5.74, 6) is -3.00. The monoisotopic (exact) mass is 520 g/mol. The Morgan fingerprint density at radius 1 is 1.15 bits per heavy atom. The Morgan fingerprint density at radius 3 is 2.47 bits per heavy atom. The molecule has 1 saturated carbocycles. The predicted octanol–water partition coefficient (Wildman–Crippen LogP) is 4.05. The minimum atomic E-state index is -1.95. The smallest absolute Gasteiger partial charge is 0.310 e. The van der Waals surface area contributed by atoms with Gasteiger partial charge in [0.05, 0.1) is 50.1 Å². The number of halogens is 1. The van der Waals surface area contributed by atoms with Crippen LogP contribution in [-0.4, -0.2) is 30.3 Å². The number of methoxy groups -OCH3 is 2. The normalized spacial score (nSPS) is 28.9. The molecule has 3 aromatic rings. The quantitative estimate of drug-likeness (QED) is 0.517. The topological polar surface area (TPSA) is 102 Å². The molecule has 1 aromatic heterocycles. The van der Waals surface area contributed by atoms with Crippen molar-refractivity contribution in [1.82, 2.24) is 4.98 Å². The highest BCUT2D eigenvalue weighted by atomic mass is 79.9. The minimum absolute atomic E-state index is 0.275. The average molecular weight is 521 g/mol. The Labute approximate surface area is 205 Å². The van der Waals surface area contributed by atoms with Gasteiger partial charge in [-0.1, -0.05) is 58.4 Å². The highest BCUT2D eigenvalue weighted by Crippen LogP contribution is 2.71. The number of ether oxygens (including phenoxy) is 3. The molecule has 8 heteroatoms. The number of nitriles is 1. The van der Waals surface area contributed by atoms with Crippen LogP contribution in [-0.2, 0) is 20.7 Å². The molecule has 2 aromatic carbocycles. The first-order valence-electron chi connectivity index (χ1n) is 10.7. The Balaban J connectivity index is 1.92. The predicted molar refractivity (Wildman–Crippen MR) is 125 cm³/mol. The van der Waals surface area contributed by atoms with E-state index in [1.54, 1.807) is 0 Å². The average Bonchev–Trinajstić information content (AvgIpc) is 3.26. The van der Waals surface area contributed by atoms with Crippen LogP contribution in [0.5, 0.6) is 11.5 Å². The highest BCUT2D eigenvalue weighted by molar-refractivity contribution is 9.10. The van der Waals surface area contributed by atoms with Crippen LogP contribution in [0.2, 0.25) is 0 Å². The van der Waals surface area contributed by atoms with Gasteiger partial charge >= 0.3 is 5.97 Å². The van der Waals surface area contributed by atoms with Crippen molar-refractivity contribution < 1.29 is 24.1 Å². The van der Waals surface area contributed by atoms with Crippen LogP contribution in [0, 0.1) is 23.2 Å². The summed E-state index contributed by atoms with van der Waals surface area (Å²) in [6, 6.07) is 18.8. The van der Waals surface area contributed by atoms with Gasteiger partial charge in [-0.05, 0) is 23.3 Å². The molecule has 0 radical (unpaired) electrons. The van der Waals surface area contributed by atoms with Gasteiger partial charge in [-0.2, -0.15) is 5.26 Å². The molecular weight excluding hydrogens is 500 g/mol. The minimum Gasteiger partial charge on any atom is -0.495 e. The van der Waals surface area contributed by atoms with Gasteiger partial charge in [0.2, 0.25) is 0 Å². The van der Waals surface area contributed by atoms with Gasteiger partial charge in [0.1, 0.15) is 11.5 Å². The summed E-state index contributed by atoms with van der Waals surface area (Å²) in [5.41, 5.74) is -1.84. The van der Waals surface area contributed by atoms with E-state index < -0.39 is 34.9 Å². The van der Waals surface area contributed by atoms with Crippen molar-refractivity contribution in [2.75, 3.05) is 14.2 Å². The molecule has 0 amide bonds. The fraction of sp³-hybridized carbons (Fsp3) is 0.269. The van der Waals surface area contributed by atoms with Gasteiger partial charge in [0.15, 0.2) is 11.2 Å². The molecule has 1 fully saturated rings. The van der Waals surface area contributed by atoms with Crippen molar-refractivity contribution in [3.8, 4) is 17.6 Å². The number of nitrogens with zero attached hydrogens (tertiary/aromatic N) is 2. The van der Waals surface area contributed by atoms with E-state index >= 15 is 0 Å². The number of aliphatic hydroxyl groups is 1. The van der Waals surface area contributed by atoms with E-state index in [0.717, 1.165) is 10.0 Å². The van der Waals surface area contributed by atoms with Gasteiger partial charge in [-0.15, -0.1) is 0 Å². The molecule has 34 heavy (non-hydrogen) atoms. The van der Waals surface area contributed by atoms with Crippen LogP contribution in [0.25, 0.3) is 0 Å². The van der Waals surface area contributed by atoms with Gasteiger partial charge in [-0.25, -0.2) is 0 Å². The largest absolute Gasteiger partial charge is 0.495 e. The number of hydrogen-bond donors (Lipinski definition) is 1. The number of fused-ring (bicyclic) bond motifs is 3. The number of aromatic nitrogens is 1. The van der Waals surface area contributed by atoms with E-state index in [9.17, 15) is 15.2 Å². The van der Waals surface area contributed by atoms with Crippen LogP contribution >= 0.6 is 15.9 Å². The number of carbonyl (C=O) groups excluding carboxylic acids is 1. The molecule has 5 rings (SSSR count). The van der Waals surface area contributed by atoms with Crippen molar-refractivity contribution in [2.45, 2.75) is 17.1 Å². The van der Waals surface area contributed by atoms with Crippen molar-refractivity contribution >= 4 is 21.9 Å². The first-order chi connectivity index (χ1) is 16.4. The standard InChI is InChI=1S/C26H21BrN2O5/c1-32-19-13-29-14-20-23(19)25(31)18(12-28)21(24(30)33-2)22(15-6-4-3-5-7-15)26(25,34-20)16-8-10-17(27)11-9-16/h3-11,13-14,18,21-22,31H,1-2H3/t18-,21+,22-,25-,26+/m1/s1. The summed E-state index contributed by atoms with van der Waals surface area (Å²) >= 11 is 3.46. The third kappa shape index (κ3) is 2.77. The molecule has 7 nitrogen and oxygen atoms in total. The molecule has 2 aliphatic rings. The van der Waals surface area contributed by atoms with Gasteiger partial charge in [0, 0.05) is 10.4 Å². The second-order valence-corrected chi connectivity index (χ2v) is 9.29. The van der Waals surface area contributed by atoms with Crippen molar-refractivity contribution in [3.63, 3.8) is 0 Å². The zero-order chi connectivity index (χ0) is 24.1. The maximum atomic E-state index is 13.2. The molecule has 1 aliphatic heterocycles. The fourth-order valence-corrected chi connectivity index (χ4v) is 5.96. The van der Waals surface area contributed by atoms with Crippen LogP contribution in [0.3, 0.4) is 0 Å². The van der Waals surface area contributed by atoms with Crippen LogP contribution in [0.4, 0.5) is 0 Å². The molecule has 0 bridgehead atoms. The molecule has 0 spiro atoms. The van der Waals surface area contributed by atoms with Crippen LogP contribution < -0.4 is 9.47 Å². The molecule has 2 heterocycles. The van der Waals surface area contributed by atoms with Crippen molar-refractivity contribution in [2.24, 2.45) is 11.8 Å². The number of rotatable bonds is 4. The number of benzene rings is 2. The Kier molecular flexibility index (Phi) is 5.34. The summed E-state index contributed by atoms with van der Waals surface area (Å²) in [5, 5.41) is 23.1. The number of hydrogen-bond acceptors (Lipinski definition) is 7. The zero-order valence-electron chi connectivity index (χ0n) is 18.4. The molecule has 0 unspecified atom stereocenters. The van der Waals surface area contributed by atoms with Crippen molar-refractivity contribution in [3.05, 3.63) is 88.2 Å². The summed E-state index contributed by atoms with van der Waals surface area (Å²) in [7, 11) is 2.74. The lowest BCUT2D eigenvalue weighted by molar-refractivity contribution is -0.148. The Morgan fingerprint density at radius 2 is 1.85 bits per heavy atom. The van der Waals surface area contributed by atoms with E-state index in [4.69, 9.17) is 14.2 Å². The first-order valence-corrected chi connectivity index (χ1v) is 11.5. The Bertz CT molecular complexity index is 1290. The zero-order valence-corrected chi connectivity index (χ0v) is 20.0. The van der Waals surface area contributed by atoms with Gasteiger partial charge in [0.25, 0.3) is 0 Å². The molecule has 1 aliphatic carbocycles. The Hall–Kier alpha value is -3.41. The van der Waals surface area contributed by atoms with E-state index in [-0.39, 0.29) is 5.75 Å². The summed E-state index contributed by atoms with van der Waals surface area (Å²) in [6.45, 7) is 0. The third-order valence-electron chi connectivity index (χ3n) is 6.97. The lowest BCUT2D eigenvalue weighted by atomic mass is 9.70. The lowest BCUT2D eigenvalue weighted by Crippen LogP contribution is -2.50. The van der Waals surface area contributed by atoms with Crippen molar-refractivity contribution in [1.29, 1.82) is 5.26 Å². The highest BCUT2D eigenvalue weighted by Gasteiger charge is 2.78. The summed E-state index contributed by atoms with van der Waals surface area (Å²) in [4.78, 5) is 17.4. The summed E-state index contributed by atoms with van der Waals surface area (Å²) in [6.07, 6.45) is 2.97. The maximum Gasteiger partial charge on any atom is 0.310 e. The van der Waals surface area contributed by atoms with Gasteiger partial charge in [-0.3, -0.25) is 9.78 Å². The summed E-state index contributed by atoms with van der Waals surface area (Å²) < 4.78 is 18.2.